The van der Waals surface area contributed by atoms with E-state index >= 15 is 0 Å². The lowest BCUT2D eigenvalue weighted by atomic mass is 10.1. The van der Waals surface area contributed by atoms with E-state index in [4.69, 9.17) is 0 Å². The van der Waals surface area contributed by atoms with E-state index in [1.807, 2.05) is 37.3 Å². The first-order chi connectivity index (χ1) is 10.3. The Morgan fingerprint density at radius 3 is 2.76 bits per heavy atom. The van der Waals surface area contributed by atoms with Gasteiger partial charge in [0.05, 0.1) is 23.0 Å². The zero-order chi connectivity index (χ0) is 14.7. The summed E-state index contributed by atoms with van der Waals surface area (Å²) < 4.78 is 1.77. The van der Waals surface area contributed by atoms with Crippen LogP contribution in [0.2, 0.25) is 0 Å². The Morgan fingerprint density at radius 1 is 1.19 bits per heavy atom. The summed E-state index contributed by atoms with van der Waals surface area (Å²) in [6.45, 7) is 2.00. The standard InChI is InChI=1S/C16H16N4O/c1-2-6-13(21)9-15-14-10-19-20(16(14)18-11-17-15)12-7-4-3-5-8-12/h3-5,7-8,10-11H,2,6,9H2,1H3. The molecule has 0 atom stereocenters. The van der Waals surface area contributed by atoms with Crippen LogP contribution in [0.4, 0.5) is 0 Å². The second-order valence-electron chi connectivity index (χ2n) is 4.92. The largest absolute Gasteiger partial charge is 0.299 e. The number of carbonyl (C=O) groups excluding carboxylic acids is 1. The highest BCUT2D eigenvalue weighted by Crippen LogP contribution is 2.19. The molecule has 0 N–H and O–H groups in total. The average molecular weight is 280 g/mol. The first-order valence-corrected chi connectivity index (χ1v) is 7.04. The average Bonchev–Trinajstić information content (AvgIpc) is 2.93. The molecule has 5 heteroatoms. The normalized spacial score (nSPS) is 10.9. The predicted molar refractivity (Wildman–Crippen MR) is 80.3 cm³/mol. The van der Waals surface area contributed by atoms with Crippen LogP contribution in [-0.4, -0.2) is 25.5 Å². The van der Waals surface area contributed by atoms with Gasteiger partial charge in [0, 0.05) is 12.8 Å². The highest BCUT2D eigenvalue weighted by molar-refractivity contribution is 5.86. The number of rotatable bonds is 5. The van der Waals surface area contributed by atoms with E-state index in [9.17, 15) is 4.79 Å². The maximum Gasteiger partial charge on any atom is 0.166 e. The van der Waals surface area contributed by atoms with Crippen molar-refractivity contribution in [2.75, 3.05) is 0 Å². The van der Waals surface area contributed by atoms with Crippen molar-refractivity contribution >= 4 is 16.8 Å². The van der Waals surface area contributed by atoms with Crippen molar-refractivity contribution in [2.45, 2.75) is 26.2 Å². The van der Waals surface area contributed by atoms with Crippen LogP contribution < -0.4 is 0 Å². The monoisotopic (exact) mass is 280 g/mol. The summed E-state index contributed by atoms with van der Waals surface area (Å²) in [6, 6.07) is 9.80. The van der Waals surface area contributed by atoms with E-state index in [0.717, 1.165) is 28.8 Å². The van der Waals surface area contributed by atoms with E-state index in [-0.39, 0.29) is 5.78 Å². The van der Waals surface area contributed by atoms with E-state index < -0.39 is 0 Å². The Bertz CT molecular complexity index is 764. The number of fused-ring (bicyclic) bond motifs is 1. The minimum Gasteiger partial charge on any atom is -0.299 e. The zero-order valence-corrected chi connectivity index (χ0v) is 11.9. The third-order valence-corrected chi connectivity index (χ3v) is 3.34. The molecule has 2 heterocycles. The van der Waals surface area contributed by atoms with E-state index in [0.29, 0.717) is 12.8 Å². The number of nitrogens with zero attached hydrogens (tertiary/aromatic N) is 4. The lowest BCUT2D eigenvalue weighted by Gasteiger charge is -2.03. The highest BCUT2D eigenvalue weighted by Gasteiger charge is 2.13. The van der Waals surface area contributed by atoms with Gasteiger partial charge in [0.2, 0.25) is 0 Å². The number of aromatic nitrogens is 4. The molecular weight excluding hydrogens is 264 g/mol. The van der Waals surface area contributed by atoms with Gasteiger partial charge in [-0.25, -0.2) is 14.6 Å². The molecule has 0 aliphatic rings. The minimum absolute atomic E-state index is 0.199. The molecule has 0 bridgehead atoms. The molecule has 0 aliphatic carbocycles. The van der Waals surface area contributed by atoms with Crippen LogP contribution in [0.25, 0.3) is 16.7 Å². The van der Waals surface area contributed by atoms with Gasteiger partial charge in [0.25, 0.3) is 0 Å². The summed E-state index contributed by atoms with van der Waals surface area (Å²) in [5.41, 5.74) is 2.42. The third-order valence-electron chi connectivity index (χ3n) is 3.34. The highest BCUT2D eigenvalue weighted by atomic mass is 16.1. The van der Waals surface area contributed by atoms with Crippen molar-refractivity contribution in [3.8, 4) is 5.69 Å². The molecule has 0 saturated carbocycles. The Hall–Kier alpha value is -2.56. The molecule has 0 aliphatic heterocycles. The molecule has 3 rings (SSSR count). The first kappa shape index (κ1) is 13.4. The van der Waals surface area contributed by atoms with Gasteiger partial charge in [-0.15, -0.1) is 0 Å². The van der Waals surface area contributed by atoms with Crippen LogP contribution in [0.15, 0.2) is 42.9 Å². The molecule has 0 unspecified atom stereocenters. The maximum absolute atomic E-state index is 11.8. The Balaban J connectivity index is 2.02. The summed E-state index contributed by atoms with van der Waals surface area (Å²) in [7, 11) is 0. The second kappa shape index (κ2) is 5.83. The number of Topliss-reactive ketones (excluding diaryl/α,β-unsaturated/α-hetero) is 1. The first-order valence-electron chi connectivity index (χ1n) is 7.04. The fourth-order valence-corrected chi connectivity index (χ4v) is 2.35. The number of carbonyl (C=O) groups is 1. The van der Waals surface area contributed by atoms with Crippen molar-refractivity contribution in [2.24, 2.45) is 0 Å². The Kier molecular flexibility index (Phi) is 3.73. The molecule has 21 heavy (non-hydrogen) atoms. The molecule has 0 saturated heterocycles. The van der Waals surface area contributed by atoms with Crippen LogP contribution >= 0.6 is 0 Å². The third kappa shape index (κ3) is 2.67. The van der Waals surface area contributed by atoms with E-state index in [1.165, 1.54) is 6.33 Å². The molecule has 1 aromatic carbocycles. The van der Waals surface area contributed by atoms with Crippen LogP contribution in [0.5, 0.6) is 0 Å². The molecule has 3 aromatic rings. The molecule has 0 amide bonds. The molecule has 2 aromatic heterocycles. The SMILES string of the molecule is CCCC(=O)Cc1ncnc2c1cnn2-c1ccccc1. The zero-order valence-electron chi connectivity index (χ0n) is 11.9. The second-order valence-corrected chi connectivity index (χ2v) is 4.92. The molecule has 5 nitrogen and oxygen atoms in total. The number of benzene rings is 1. The van der Waals surface area contributed by atoms with Crippen molar-refractivity contribution in [3.63, 3.8) is 0 Å². The lowest BCUT2D eigenvalue weighted by Crippen LogP contribution is -2.05. The van der Waals surface area contributed by atoms with Gasteiger partial charge in [0.15, 0.2) is 5.65 Å². The van der Waals surface area contributed by atoms with Crippen molar-refractivity contribution in [1.29, 1.82) is 0 Å². The summed E-state index contributed by atoms with van der Waals surface area (Å²) in [4.78, 5) is 20.4. The van der Waals surface area contributed by atoms with Crippen LogP contribution in [0, 0.1) is 0 Å². The minimum atomic E-state index is 0.199. The van der Waals surface area contributed by atoms with Gasteiger partial charge in [-0.3, -0.25) is 4.79 Å². The summed E-state index contributed by atoms with van der Waals surface area (Å²) >= 11 is 0. The summed E-state index contributed by atoms with van der Waals surface area (Å²) in [6.07, 6.45) is 5.01. The fraction of sp³-hybridized carbons (Fsp3) is 0.250. The smallest absolute Gasteiger partial charge is 0.166 e. The topological polar surface area (TPSA) is 60.7 Å². The molecule has 106 valence electrons. The van der Waals surface area contributed by atoms with E-state index in [2.05, 4.69) is 15.1 Å². The molecule has 0 spiro atoms. The van der Waals surface area contributed by atoms with Crippen molar-refractivity contribution < 1.29 is 4.79 Å². The molecular formula is C16H16N4O. The number of hydrogen-bond donors (Lipinski definition) is 0. The van der Waals surface area contributed by atoms with Crippen LogP contribution in [-0.2, 0) is 11.2 Å². The van der Waals surface area contributed by atoms with Gasteiger partial charge in [-0.2, -0.15) is 5.10 Å². The number of ketones is 1. The Morgan fingerprint density at radius 2 is 2.00 bits per heavy atom. The van der Waals surface area contributed by atoms with Crippen molar-refractivity contribution in [1.82, 2.24) is 19.7 Å². The fourth-order valence-electron chi connectivity index (χ4n) is 2.35. The van der Waals surface area contributed by atoms with Gasteiger partial charge >= 0.3 is 0 Å². The summed E-state index contributed by atoms with van der Waals surface area (Å²) in [5.74, 6) is 0.199. The number of hydrogen-bond acceptors (Lipinski definition) is 4. The van der Waals surface area contributed by atoms with Gasteiger partial charge < -0.3 is 0 Å². The van der Waals surface area contributed by atoms with Crippen molar-refractivity contribution in [3.05, 3.63) is 48.5 Å². The van der Waals surface area contributed by atoms with Gasteiger partial charge in [-0.05, 0) is 18.6 Å². The quantitative estimate of drug-likeness (QED) is 0.721. The van der Waals surface area contributed by atoms with E-state index in [1.54, 1.807) is 10.9 Å². The van der Waals surface area contributed by atoms with Crippen LogP contribution in [0.1, 0.15) is 25.5 Å². The van der Waals surface area contributed by atoms with Gasteiger partial charge in [0.1, 0.15) is 12.1 Å². The summed E-state index contributed by atoms with van der Waals surface area (Å²) in [5, 5.41) is 5.22. The molecule has 0 radical (unpaired) electrons. The number of para-hydroxylation sites is 1. The predicted octanol–water partition coefficient (Wildman–Crippen LogP) is 2.73. The van der Waals surface area contributed by atoms with Crippen LogP contribution in [0.3, 0.4) is 0 Å². The van der Waals surface area contributed by atoms with Gasteiger partial charge in [-0.1, -0.05) is 25.1 Å². The molecule has 0 fully saturated rings. The Labute approximate surface area is 122 Å². The lowest BCUT2D eigenvalue weighted by molar-refractivity contribution is -0.118. The maximum atomic E-state index is 11.8.